The van der Waals surface area contributed by atoms with Gasteiger partial charge in [0, 0.05) is 12.1 Å². The SMILES string of the molecule is Cc1cccc(CNC(=O)c2ccc(CN3C(=O)c4ccccc4S3(=O)=O)cc2)c1. The molecule has 1 aliphatic rings. The first kappa shape index (κ1) is 19.8. The highest BCUT2D eigenvalue weighted by Crippen LogP contribution is 2.31. The number of sulfonamides is 1. The predicted octanol–water partition coefficient (Wildman–Crippen LogP) is 3.27. The van der Waals surface area contributed by atoms with Crippen molar-refractivity contribution in [1.82, 2.24) is 9.62 Å². The van der Waals surface area contributed by atoms with E-state index in [9.17, 15) is 18.0 Å². The van der Waals surface area contributed by atoms with Gasteiger partial charge in [-0.15, -0.1) is 0 Å². The van der Waals surface area contributed by atoms with Crippen molar-refractivity contribution in [3.05, 3.63) is 101 Å². The fourth-order valence-corrected chi connectivity index (χ4v) is 4.98. The molecular formula is C23H20N2O4S. The summed E-state index contributed by atoms with van der Waals surface area (Å²) in [6, 6.07) is 20.6. The lowest BCUT2D eigenvalue weighted by atomic mass is 10.1. The number of fused-ring (bicyclic) bond motifs is 1. The van der Waals surface area contributed by atoms with Gasteiger partial charge in [0.25, 0.3) is 21.8 Å². The molecule has 152 valence electrons. The summed E-state index contributed by atoms with van der Waals surface area (Å²) in [5.74, 6) is -0.758. The number of hydrogen-bond acceptors (Lipinski definition) is 4. The zero-order valence-corrected chi connectivity index (χ0v) is 17.1. The molecule has 2 amide bonds. The monoisotopic (exact) mass is 420 g/mol. The summed E-state index contributed by atoms with van der Waals surface area (Å²) in [6.45, 7) is 2.33. The maximum absolute atomic E-state index is 12.7. The maximum Gasteiger partial charge on any atom is 0.269 e. The van der Waals surface area contributed by atoms with Crippen LogP contribution in [0.1, 0.15) is 37.4 Å². The first-order valence-corrected chi connectivity index (χ1v) is 10.9. The second-order valence-electron chi connectivity index (χ2n) is 7.18. The maximum atomic E-state index is 12.7. The van der Waals surface area contributed by atoms with E-state index in [0.717, 1.165) is 15.4 Å². The van der Waals surface area contributed by atoms with Crippen LogP contribution in [-0.4, -0.2) is 24.5 Å². The third-order valence-corrected chi connectivity index (χ3v) is 6.78. The van der Waals surface area contributed by atoms with Crippen LogP contribution in [-0.2, 0) is 23.1 Å². The molecule has 3 aromatic carbocycles. The molecule has 0 unspecified atom stereocenters. The van der Waals surface area contributed by atoms with Gasteiger partial charge in [0.1, 0.15) is 4.90 Å². The third-order valence-electron chi connectivity index (χ3n) is 4.99. The van der Waals surface area contributed by atoms with E-state index in [1.54, 1.807) is 36.4 Å². The van der Waals surface area contributed by atoms with Gasteiger partial charge in [-0.25, -0.2) is 12.7 Å². The second-order valence-corrected chi connectivity index (χ2v) is 9.01. The number of amides is 2. The van der Waals surface area contributed by atoms with Gasteiger partial charge in [0.15, 0.2) is 0 Å². The standard InChI is InChI=1S/C23H20N2O4S/c1-16-5-4-6-18(13-16)14-24-22(26)19-11-9-17(10-12-19)15-25-23(27)20-7-2-3-8-21(20)30(25,28)29/h2-13H,14-15H2,1H3,(H,24,26). The van der Waals surface area contributed by atoms with Crippen LogP contribution >= 0.6 is 0 Å². The molecule has 0 bridgehead atoms. The van der Waals surface area contributed by atoms with Gasteiger partial charge in [-0.1, -0.05) is 54.1 Å². The number of rotatable bonds is 5. The molecule has 0 atom stereocenters. The third kappa shape index (κ3) is 3.71. The lowest BCUT2D eigenvalue weighted by Crippen LogP contribution is -2.29. The Morgan fingerprint density at radius 2 is 1.67 bits per heavy atom. The van der Waals surface area contributed by atoms with Crippen LogP contribution in [0, 0.1) is 6.92 Å². The largest absolute Gasteiger partial charge is 0.348 e. The first-order chi connectivity index (χ1) is 14.4. The summed E-state index contributed by atoms with van der Waals surface area (Å²) in [6.07, 6.45) is 0. The summed E-state index contributed by atoms with van der Waals surface area (Å²) in [5, 5.41) is 2.87. The molecule has 1 heterocycles. The van der Waals surface area contributed by atoms with Gasteiger partial charge in [-0.3, -0.25) is 9.59 Å². The summed E-state index contributed by atoms with van der Waals surface area (Å²) < 4.78 is 26.2. The number of aryl methyl sites for hydroxylation is 1. The van der Waals surface area contributed by atoms with Gasteiger partial charge in [0.2, 0.25) is 0 Å². The number of nitrogens with one attached hydrogen (secondary N) is 1. The van der Waals surface area contributed by atoms with E-state index >= 15 is 0 Å². The predicted molar refractivity (Wildman–Crippen MR) is 112 cm³/mol. The summed E-state index contributed by atoms with van der Waals surface area (Å²) >= 11 is 0. The zero-order chi connectivity index (χ0) is 21.3. The molecule has 0 fully saturated rings. The van der Waals surface area contributed by atoms with E-state index in [1.165, 1.54) is 12.1 Å². The molecule has 3 aromatic rings. The minimum absolute atomic E-state index is 0.0298. The topological polar surface area (TPSA) is 83.6 Å². The van der Waals surface area contributed by atoms with Crippen molar-refractivity contribution in [1.29, 1.82) is 0 Å². The Balaban J connectivity index is 1.44. The quantitative estimate of drug-likeness (QED) is 0.687. The van der Waals surface area contributed by atoms with Crippen LogP contribution in [0.3, 0.4) is 0 Å². The summed E-state index contributed by atoms with van der Waals surface area (Å²) in [5.41, 5.74) is 3.40. The summed E-state index contributed by atoms with van der Waals surface area (Å²) in [7, 11) is -3.86. The Kier molecular flexibility index (Phi) is 5.13. The molecule has 0 saturated heterocycles. The molecule has 0 spiro atoms. The average Bonchev–Trinajstić information content (AvgIpc) is 2.93. The van der Waals surface area contributed by atoms with Gasteiger partial charge < -0.3 is 5.32 Å². The van der Waals surface area contributed by atoms with Crippen LogP contribution in [0.15, 0.2) is 77.7 Å². The molecular weight excluding hydrogens is 400 g/mol. The Morgan fingerprint density at radius 1 is 0.933 bits per heavy atom. The molecule has 1 aliphatic heterocycles. The van der Waals surface area contributed by atoms with Crippen molar-refractivity contribution in [2.24, 2.45) is 0 Å². The van der Waals surface area contributed by atoms with E-state index in [1.807, 2.05) is 31.2 Å². The normalized spacial score (nSPS) is 14.4. The lowest BCUT2D eigenvalue weighted by Gasteiger charge is -2.15. The van der Waals surface area contributed by atoms with Crippen molar-refractivity contribution < 1.29 is 18.0 Å². The van der Waals surface area contributed by atoms with Crippen LogP contribution in [0.4, 0.5) is 0 Å². The van der Waals surface area contributed by atoms with Crippen LogP contribution in [0.2, 0.25) is 0 Å². The Bertz CT molecular complexity index is 1230. The van der Waals surface area contributed by atoms with E-state index in [4.69, 9.17) is 0 Å². The van der Waals surface area contributed by atoms with Crippen molar-refractivity contribution in [2.75, 3.05) is 0 Å². The van der Waals surface area contributed by atoms with Gasteiger partial charge >= 0.3 is 0 Å². The zero-order valence-electron chi connectivity index (χ0n) is 16.3. The molecule has 0 aromatic heterocycles. The second kappa shape index (κ2) is 7.76. The number of carbonyl (C=O) groups is 2. The van der Waals surface area contributed by atoms with Gasteiger partial charge in [-0.2, -0.15) is 0 Å². The van der Waals surface area contributed by atoms with Crippen molar-refractivity contribution in [3.63, 3.8) is 0 Å². The highest BCUT2D eigenvalue weighted by Gasteiger charge is 2.40. The molecule has 1 N–H and O–H groups in total. The van der Waals surface area contributed by atoms with E-state index in [2.05, 4.69) is 5.32 Å². The fraction of sp³-hybridized carbons (Fsp3) is 0.130. The van der Waals surface area contributed by atoms with Gasteiger partial charge in [-0.05, 0) is 42.3 Å². The minimum Gasteiger partial charge on any atom is -0.348 e. The summed E-state index contributed by atoms with van der Waals surface area (Å²) in [4.78, 5) is 24.9. The molecule has 0 aliphatic carbocycles. The van der Waals surface area contributed by atoms with Crippen LogP contribution < -0.4 is 5.32 Å². The average molecular weight is 420 g/mol. The molecule has 30 heavy (non-hydrogen) atoms. The van der Waals surface area contributed by atoms with Crippen molar-refractivity contribution in [3.8, 4) is 0 Å². The number of hydrogen-bond donors (Lipinski definition) is 1. The molecule has 7 heteroatoms. The molecule has 6 nitrogen and oxygen atoms in total. The van der Waals surface area contributed by atoms with E-state index in [0.29, 0.717) is 17.7 Å². The number of nitrogens with zero attached hydrogens (tertiary/aromatic N) is 1. The fourth-order valence-electron chi connectivity index (χ4n) is 3.42. The van der Waals surface area contributed by atoms with Crippen LogP contribution in [0.5, 0.6) is 0 Å². The molecule has 4 rings (SSSR count). The first-order valence-electron chi connectivity index (χ1n) is 9.45. The minimum atomic E-state index is -3.86. The van der Waals surface area contributed by atoms with Crippen molar-refractivity contribution in [2.45, 2.75) is 24.9 Å². The highest BCUT2D eigenvalue weighted by atomic mass is 32.2. The number of carbonyl (C=O) groups excluding carboxylic acids is 2. The van der Waals surface area contributed by atoms with Gasteiger partial charge in [0.05, 0.1) is 12.1 Å². The number of benzene rings is 3. The van der Waals surface area contributed by atoms with Crippen LogP contribution in [0.25, 0.3) is 0 Å². The molecule has 0 radical (unpaired) electrons. The van der Waals surface area contributed by atoms with E-state index in [-0.39, 0.29) is 22.9 Å². The highest BCUT2D eigenvalue weighted by molar-refractivity contribution is 7.90. The Morgan fingerprint density at radius 3 is 2.37 bits per heavy atom. The van der Waals surface area contributed by atoms with Crippen molar-refractivity contribution >= 4 is 21.8 Å². The Hall–Kier alpha value is -3.45. The Labute approximate surface area is 175 Å². The lowest BCUT2D eigenvalue weighted by molar-refractivity contribution is 0.0863. The molecule has 0 saturated carbocycles. The smallest absolute Gasteiger partial charge is 0.269 e. The van der Waals surface area contributed by atoms with E-state index < -0.39 is 15.9 Å².